The van der Waals surface area contributed by atoms with Crippen LogP contribution in [0.1, 0.15) is 96.8 Å². The van der Waals surface area contributed by atoms with Crippen LogP contribution in [0.4, 0.5) is 5.69 Å². The Kier molecular flexibility index (Phi) is 6.36. The van der Waals surface area contributed by atoms with Gasteiger partial charge in [0, 0.05) is 60.2 Å². The van der Waals surface area contributed by atoms with E-state index >= 15 is 0 Å². The summed E-state index contributed by atoms with van der Waals surface area (Å²) in [6, 6.07) is 6.73. The zero-order valence-corrected chi connectivity index (χ0v) is 25.2. The molecule has 1 unspecified atom stereocenters. The van der Waals surface area contributed by atoms with Gasteiger partial charge in [-0.15, -0.1) is 0 Å². The Balaban J connectivity index is 0.939. The summed E-state index contributed by atoms with van der Waals surface area (Å²) in [6.45, 7) is 4.97. The molecule has 2 aliphatic carbocycles. The van der Waals surface area contributed by atoms with Crippen molar-refractivity contribution in [3.8, 4) is 11.3 Å². The van der Waals surface area contributed by atoms with Crippen LogP contribution in [0.2, 0.25) is 0 Å². The third kappa shape index (κ3) is 4.70. The molecule has 0 spiro atoms. The van der Waals surface area contributed by atoms with Crippen molar-refractivity contribution in [1.82, 2.24) is 34.8 Å². The van der Waals surface area contributed by atoms with Crippen LogP contribution in [0.25, 0.3) is 22.2 Å². The summed E-state index contributed by atoms with van der Waals surface area (Å²) < 4.78 is 4.12. The highest BCUT2D eigenvalue weighted by atomic mass is 16.2. The maximum atomic E-state index is 13.2. The molecule has 4 amide bonds. The zero-order valence-electron chi connectivity index (χ0n) is 25.2. The molecule has 8 rings (SSSR count). The van der Waals surface area contributed by atoms with Crippen molar-refractivity contribution in [1.29, 1.82) is 0 Å². The SMILES string of the molecule is CC(C)n1cc2ccnc(-c3cn([C@H]4C[C@H](CNc5ccc6c(c5)C(=O)N(C5CCC(=O)NC5=O)C6=O)C4)nc3C3CC3)c2n1. The Bertz CT molecular complexity index is 1900. The molecule has 12 nitrogen and oxygen atoms in total. The van der Waals surface area contributed by atoms with Crippen LogP contribution in [0.15, 0.2) is 42.9 Å². The molecule has 1 atom stereocenters. The van der Waals surface area contributed by atoms with Gasteiger partial charge in [0.2, 0.25) is 11.8 Å². The standard InChI is InChI=1S/C33H34N8O4/c1-17(2)39-15-20-9-10-34-30(29(20)38-39)25-16-40(37-28(25)19-3-4-19)22-11-18(12-22)14-35-21-5-6-23-24(13-21)33(45)41(32(23)44)26-7-8-27(42)36-31(26)43/h5-6,9-10,13,15-19,22,26,35H,3-4,7-8,11-12,14H2,1-2H3,(H,36,42,43)/t18-,22-,26?. The molecule has 5 heterocycles. The fraction of sp³-hybridized carbons (Fsp3) is 0.424. The van der Waals surface area contributed by atoms with Gasteiger partial charge < -0.3 is 5.32 Å². The number of hydrogen-bond donors (Lipinski definition) is 2. The van der Waals surface area contributed by atoms with Gasteiger partial charge in [0.05, 0.1) is 22.9 Å². The van der Waals surface area contributed by atoms with Crippen LogP contribution in [-0.2, 0) is 9.59 Å². The lowest BCUT2D eigenvalue weighted by Gasteiger charge is -2.35. The molecule has 3 fully saturated rings. The number of fused-ring (bicyclic) bond motifs is 2. The van der Waals surface area contributed by atoms with Crippen molar-refractivity contribution in [2.45, 2.75) is 76.4 Å². The molecular weight excluding hydrogens is 572 g/mol. The van der Waals surface area contributed by atoms with Gasteiger partial charge in [-0.2, -0.15) is 10.2 Å². The smallest absolute Gasteiger partial charge is 0.262 e. The first kappa shape index (κ1) is 27.7. The minimum absolute atomic E-state index is 0.0947. The number of pyridine rings is 1. The Hall–Kier alpha value is -4.87. The predicted octanol–water partition coefficient (Wildman–Crippen LogP) is 4.22. The van der Waals surface area contributed by atoms with Crippen molar-refractivity contribution >= 4 is 40.2 Å². The summed E-state index contributed by atoms with van der Waals surface area (Å²) in [5.74, 6) is -1.09. The van der Waals surface area contributed by atoms with Gasteiger partial charge in [0.1, 0.15) is 17.3 Å². The molecule has 2 aliphatic heterocycles. The van der Waals surface area contributed by atoms with Gasteiger partial charge in [0.25, 0.3) is 11.8 Å². The second-order valence-corrected chi connectivity index (χ2v) is 13.1. The molecule has 12 heteroatoms. The summed E-state index contributed by atoms with van der Waals surface area (Å²) >= 11 is 0. The highest BCUT2D eigenvalue weighted by molar-refractivity contribution is 6.23. The van der Waals surface area contributed by atoms with E-state index in [9.17, 15) is 19.2 Å². The van der Waals surface area contributed by atoms with Gasteiger partial charge in [-0.05, 0) is 76.1 Å². The van der Waals surface area contributed by atoms with Crippen molar-refractivity contribution in [2.24, 2.45) is 5.92 Å². The third-order valence-corrected chi connectivity index (χ3v) is 9.57. The summed E-state index contributed by atoms with van der Waals surface area (Å²) in [7, 11) is 0. The summed E-state index contributed by atoms with van der Waals surface area (Å²) in [5, 5.41) is 16.7. The molecule has 1 saturated heterocycles. The molecule has 0 radical (unpaired) electrons. The number of nitrogens with zero attached hydrogens (tertiary/aromatic N) is 6. The molecule has 1 aromatic carbocycles. The molecule has 3 aromatic heterocycles. The molecule has 4 aliphatic rings. The third-order valence-electron chi connectivity index (χ3n) is 9.57. The Morgan fingerprint density at radius 1 is 0.956 bits per heavy atom. The quantitative estimate of drug-likeness (QED) is 0.284. The second-order valence-electron chi connectivity index (χ2n) is 13.1. The number of benzene rings is 1. The van der Waals surface area contributed by atoms with Gasteiger partial charge in [-0.3, -0.25) is 43.7 Å². The van der Waals surface area contributed by atoms with Crippen molar-refractivity contribution in [2.75, 3.05) is 11.9 Å². The molecule has 45 heavy (non-hydrogen) atoms. The van der Waals surface area contributed by atoms with E-state index in [0.29, 0.717) is 17.9 Å². The monoisotopic (exact) mass is 606 g/mol. The molecular formula is C33H34N8O4. The van der Waals surface area contributed by atoms with E-state index in [2.05, 4.69) is 41.6 Å². The van der Waals surface area contributed by atoms with Crippen LogP contribution >= 0.6 is 0 Å². The molecule has 4 aromatic rings. The fourth-order valence-electron chi connectivity index (χ4n) is 6.79. The summed E-state index contributed by atoms with van der Waals surface area (Å²) in [5.41, 5.74) is 5.33. The normalized spacial score (nSPS) is 23.1. The van der Waals surface area contributed by atoms with Crippen molar-refractivity contribution in [3.63, 3.8) is 0 Å². The van der Waals surface area contributed by atoms with E-state index in [0.717, 1.165) is 70.7 Å². The number of nitrogens with one attached hydrogen (secondary N) is 2. The van der Waals surface area contributed by atoms with Crippen LogP contribution in [0.3, 0.4) is 0 Å². The van der Waals surface area contributed by atoms with E-state index in [1.165, 1.54) is 0 Å². The van der Waals surface area contributed by atoms with Crippen LogP contribution < -0.4 is 10.6 Å². The largest absolute Gasteiger partial charge is 0.385 e. The maximum Gasteiger partial charge on any atom is 0.262 e. The molecule has 230 valence electrons. The van der Waals surface area contributed by atoms with Crippen LogP contribution in [0, 0.1) is 5.92 Å². The van der Waals surface area contributed by atoms with Crippen molar-refractivity contribution in [3.05, 3.63) is 59.7 Å². The minimum Gasteiger partial charge on any atom is -0.385 e. The van der Waals surface area contributed by atoms with Gasteiger partial charge in [0.15, 0.2) is 0 Å². The number of carbonyl (C=O) groups is 4. The number of rotatable bonds is 8. The lowest BCUT2D eigenvalue weighted by molar-refractivity contribution is -0.136. The lowest BCUT2D eigenvalue weighted by Crippen LogP contribution is -2.54. The van der Waals surface area contributed by atoms with Gasteiger partial charge >= 0.3 is 0 Å². The predicted molar refractivity (Wildman–Crippen MR) is 164 cm³/mol. The topological polar surface area (TPSA) is 144 Å². The average Bonchev–Trinajstić information content (AvgIpc) is 3.50. The van der Waals surface area contributed by atoms with E-state index in [1.807, 2.05) is 16.9 Å². The zero-order chi connectivity index (χ0) is 31.0. The van der Waals surface area contributed by atoms with Crippen LogP contribution in [0.5, 0.6) is 0 Å². The number of aromatic nitrogens is 5. The van der Waals surface area contributed by atoms with Gasteiger partial charge in [-0.1, -0.05) is 0 Å². The number of imide groups is 2. The maximum absolute atomic E-state index is 13.2. The number of hydrogen-bond acceptors (Lipinski definition) is 8. The Morgan fingerprint density at radius 3 is 2.51 bits per heavy atom. The van der Waals surface area contributed by atoms with E-state index < -0.39 is 29.7 Å². The van der Waals surface area contributed by atoms with E-state index in [1.54, 1.807) is 18.2 Å². The first-order chi connectivity index (χ1) is 21.7. The van der Waals surface area contributed by atoms with Gasteiger partial charge in [-0.25, -0.2) is 0 Å². The minimum atomic E-state index is -0.970. The van der Waals surface area contributed by atoms with Crippen molar-refractivity contribution < 1.29 is 19.2 Å². The van der Waals surface area contributed by atoms with Crippen LogP contribution in [-0.4, -0.2) is 65.7 Å². The fourth-order valence-corrected chi connectivity index (χ4v) is 6.79. The number of anilines is 1. The lowest BCUT2D eigenvalue weighted by atomic mass is 9.80. The Morgan fingerprint density at radius 2 is 1.76 bits per heavy atom. The first-order valence-electron chi connectivity index (χ1n) is 15.8. The van der Waals surface area contributed by atoms with E-state index in [4.69, 9.17) is 15.2 Å². The highest BCUT2D eigenvalue weighted by Crippen LogP contribution is 2.46. The summed E-state index contributed by atoms with van der Waals surface area (Å²) in [4.78, 5) is 55.8. The summed E-state index contributed by atoms with van der Waals surface area (Å²) in [6.07, 6.45) is 10.6. The number of amides is 4. The molecule has 2 N–H and O–H groups in total. The number of piperidine rings is 1. The molecule has 0 bridgehead atoms. The Labute approximate surface area is 259 Å². The second kappa shape index (κ2) is 10.4. The molecule has 2 saturated carbocycles. The number of carbonyl (C=O) groups excluding carboxylic acids is 4. The average molecular weight is 607 g/mol. The highest BCUT2D eigenvalue weighted by Gasteiger charge is 2.44. The van der Waals surface area contributed by atoms with E-state index in [-0.39, 0.29) is 30.0 Å². The first-order valence-corrected chi connectivity index (χ1v) is 15.8.